The Morgan fingerprint density at radius 3 is 2.19 bits per heavy atom. The molecule has 0 heterocycles. The van der Waals surface area contributed by atoms with Gasteiger partial charge in [-0.05, 0) is 37.5 Å². The maximum Gasteiger partial charge on any atom is 0.0591 e. The van der Waals surface area contributed by atoms with E-state index < -0.39 is 0 Å². The normalized spacial score (nSPS) is 11.1. The lowest BCUT2D eigenvalue weighted by atomic mass is 9.95. The Balaban J connectivity index is 2.84. The minimum absolute atomic E-state index is 0.0874. The monoisotopic (exact) mass is 216 g/mol. The number of rotatable bonds is 2. The Hall–Kier alpha value is -1.26. The highest BCUT2D eigenvalue weighted by molar-refractivity contribution is 5.37. The summed E-state index contributed by atoms with van der Waals surface area (Å²) in [4.78, 5) is 0. The van der Waals surface area contributed by atoms with Gasteiger partial charge in [0.15, 0.2) is 0 Å². The van der Waals surface area contributed by atoms with Gasteiger partial charge >= 0.3 is 0 Å². The van der Waals surface area contributed by atoms with Gasteiger partial charge in [0.25, 0.3) is 0 Å². The van der Waals surface area contributed by atoms with E-state index in [0.717, 1.165) is 5.56 Å². The van der Waals surface area contributed by atoms with Gasteiger partial charge in [-0.2, -0.15) is 0 Å². The molecule has 0 unspecified atom stereocenters. The molecule has 0 atom stereocenters. The average Bonchev–Trinajstić information content (AvgIpc) is 2.27. The predicted octanol–water partition coefficient (Wildman–Crippen LogP) is 3.18. The quantitative estimate of drug-likeness (QED) is 0.753. The smallest absolute Gasteiger partial charge is 0.0591 e. The molecule has 1 aromatic carbocycles. The van der Waals surface area contributed by atoms with Crippen molar-refractivity contribution in [3.8, 4) is 11.8 Å². The van der Waals surface area contributed by atoms with Crippen LogP contribution in [0.15, 0.2) is 24.3 Å². The van der Waals surface area contributed by atoms with E-state index in [1.54, 1.807) is 0 Å². The molecule has 1 nitrogen and oxygen atoms in total. The highest BCUT2D eigenvalue weighted by Crippen LogP contribution is 2.15. The van der Waals surface area contributed by atoms with E-state index in [9.17, 15) is 0 Å². The number of hydrogen-bond acceptors (Lipinski definition) is 1. The maximum absolute atomic E-state index is 9.09. The summed E-state index contributed by atoms with van der Waals surface area (Å²) in [6.07, 6.45) is 0. The molecule has 16 heavy (non-hydrogen) atoms. The molecule has 0 radical (unpaired) electrons. The van der Waals surface area contributed by atoms with Crippen LogP contribution in [0.3, 0.4) is 0 Å². The largest absolute Gasteiger partial charge is 0.395 e. The zero-order valence-corrected chi connectivity index (χ0v) is 10.5. The Morgan fingerprint density at radius 2 is 1.75 bits per heavy atom. The third kappa shape index (κ3) is 3.72. The zero-order valence-electron chi connectivity index (χ0n) is 10.5. The van der Waals surface area contributed by atoms with Crippen molar-refractivity contribution < 1.29 is 5.11 Å². The van der Waals surface area contributed by atoms with Crippen molar-refractivity contribution in [3.63, 3.8) is 0 Å². The second kappa shape index (κ2) is 5.18. The summed E-state index contributed by atoms with van der Waals surface area (Å²) in [7, 11) is 0. The van der Waals surface area contributed by atoms with Crippen LogP contribution in [-0.4, -0.2) is 11.7 Å². The van der Waals surface area contributed by atoms with Gasteiger partial charge in [-0.15, -0.1) is 0 Å². The lowest BCUT2D eigenvalue weighted by Gasteiger charge is -2.12. The van der Waals surface area contributed by atoms with Crippen molar-refractivity contribution in [1.82, 2.24) is 0 Å². The molecular weight excluding hydrogens is 196 g/mol. The van der Waals surface area contributed by atoms with Crippen LogP contribution >= 0.6 is 0 Å². The van der Waals surface area contributed by atoms with Crippen LogP contribution in [0.5, 0.6) is 0 Å². The molecule has 0 saturated heterocycles. The van der Waals surface area contributed by atoms with E-state index >= 15 is 0 Å². The van der Waals surface area contributed by atoms with E-state index in [1.807, 2.05) is 26.0 Å². The maximum atomic E-state index is 9.09. The van der Waals surface area contributed by atoms with Crippen LogP contribution in [0.2, 0.25) is 0 Å². The van der Waals surface area contributed by atoms with Gasteiger partial charge in [0, 0.05) is 11.0 Å². The summed E-state index contributed by atoms with van der Waals surface area (Å²) >= 11 is 0. The molecule has 0 amide bonds. The minimum atomic E-state index is -0.323. The molecule has 0 aromatic heterocycles. The molecule has 0 aliphatic rings. The van der Waals surface area contributed by atoms with E-state index in [1.165, 1.54) is 5.56 Å². The van der Waals surface area contributed by atoms with Crippen LogP contribution in [-0.2, 0) is 0 Å². The van der Waals surface area contributed by atoms with Gasteiger partial charge in [-0.1, -0.05) is 37.8 Å². The first-order chi connectivity index (χ1) is 7.44. The first-order valence-electron chi connectivity index (χ1n) is 5.68. The van der Waals surface area contributed by atoms with Crippen LogP contribution in [0.4, 0.5) is 0 Å². The van der Waals surface area contributed by atoms with E-state index in [2.05, 4.69) is 37.8 Å². The molecule has 1 heteroatoms. The second-order valence-corrected chi connectivity index (χ2v) is 5.07. The number of aliphatic hydroxyl groups excluding tert-OH is 1. The van der Waals surface area contributed by atoms with Gasteiger partial charge in [0.2, 0.25) is 0 Å². The Bertz CT molecular complexity index is 388. The van der Waals surface area contributed by atoms with Crippen molar-refractivity contribution in [3.05, 3.63) is 35.4 Å². The van der Waals surface area contributed by atoms with E-state index in [0.29, 0.717) is 5.92 Å². The van der Waals surface area contributed by atoms with E-state index in [-0.39, 0.29) is 12.0 Å². The topological polar surface area (TPSA) is 20.2 Å². The van der Waals surface area contributed by atoms with Crippen LogP contribution in [0.1, 0.15) is 44.7 Å². The molecular formula is C15H20O. The lowest BCUT2D eigenvalue weighted by Crippen LogP contribution is -2.13. The first-order valence-corrected chi connectivity index (χ1v) is 5.68. The lowest BCUT2D eigenvalue weighted by molar-refractivity contribution is 0.206. The highest BCUT2D eigenvalue weighted by Gasteiger charge is 2.11. The summed E-state index contributed by atoms with van der Waals surface area (Å²) in [6.45, 7) is 8.31. The number of hydrogen-bond donors (Lipinski definition) is 1. The van der Waals surface area contributed by atoms with Gasteiger partial charge in [0.05, 0.1) is 6.61 Å². The van der Waals surface area contributed by atoms with E-state index in [4.69, 9.17) is 5.11 Å². The van der Waals surface area contributed by atoms with Gasteiger partial charge in [0.1, 0.15) is 0 Å². The molecule has 0 bridgehead atoms. The van der Waals surface area contributed by atoms with Crippen molar-refractivity contribution in [2.24, 2.45) is 5.41 Å². The Labute approximate surface area is 98.5 Å². The third-order valence-electron chi connectivity index (χ3n) is 2.52. The second-order valence-electron chi connectivity index (χ2n) is 5.07. The Morgan fingerprint density at radius 1 is 1.19 bits per heavy atom. The van der Waals surface area contributed by atoms with Crippen molar-refractivity contribution in [2.75, 3.05) is 6.61 Å². The highest BCUT2D eigenvalue weighted by atomic mass is 16.3. The average molecular weight is 216 g/mol. The van der Waals surface area contributed by atoms with Crippen LogP contribution in [0.25, 0.3) is 0 Å². The molecule has 0 aliphatic heterocycles. The molecule has 0 saturated carbocycles. The SMILES string of the molecule is CC(C)c1ccc(C#CC(C)(C)CO)cc1. The molecule has 0 spiro atoms. The van der Waals surface area contributed by atoms with Crippen molar-refractivity contribution in [1.29, 1.82) is 0 Å². The summed E-state index contributed by atoms with van der Waals surface area (Å²) < 4.78 is 0. The van der Waals surface area contributed by atoms with Gasteiger partial charge < -0.3 is 5.11 Å². The fraction of sp³-hybridized carbons (Fsp3) is 0.467. The van der Waals surface area contributed by atoms with Gasteiger partial charge in [-0.25, -0.2) is 0 Å². The molecule has 0 fully saturated rings. The van der Waals surface area contributed by atoms with Crippen molar-refractivity contribution >= 4 is 0 Å². The zero-order chi connectivity index (χ0) is 12.2. The Kier molecular flexibility index (Phi) is 4.15. The fourth-order valence-electron chi connectivity index (χ4n) is 1.23. The number of aliphatic hydroxyl groups is 1. The molecule has 1 rings (SSSR count). The third-order valence-corrected chi connectivity index (χ3v) is 2.52. The molecule has 1 N–H and O–H groups in total. The van der Waals surface area contributed by atoms with Crippen LogP contribution in [0, 0.1) is 17.3 Å². The predicted molar refractivity (Wildman–Crippen MR) is 68.3 cm³/mol. The van der Waals surface area contributed by atoms with Crippen molar-refractivity contribution in [2.45, 2.75) is 33.6 Å². The van der Waals surface area contributed by atoms with Crippen LogP contribution < -0.4 is 0 Å². The summed E-state index contributed by atoms with van der Waals surface area (Å²) in [6, 6.07) is 8.30. The molecule has 1 aromatic rings. The standard InChI is InChI=1S/C15H20O/c1-12(2)14-7-5-13(6-8-14)9-10-15(3,4)11-16/h5-8,12,16H,11H2,1-4H3. The van der Waals surface area contributed by atoms with Gasteiger partial charge in [-0.3, -0.25) is 0 Å². The first kappa shape index (κ1) is 12.8. The molecule has 0 aliphatic carbocycles. The summed E-state index contributed by atoms with van der Waals surface area (Å²) in [5.41, 5.74) is 2.01. The summed E-state index contributed by atoms with van der Waals surface area (Å²) in [5, 5.41) is 9.09. The molecule has 86 valence electrons. The minimum Gasteiger partial charge on any atom is -0.395 e. The summed E-state index contributed by atoms with van der Waals surface area (Å²) in [5.74, 6) is 6.72. The fourth-order valence-corrected chi connectivity index (χ4v) is 1.23. The number of benzene rings is 1.